The molecule has 1 unspecified atom stereocenters. The van der Waals surface area contributed by atoms with Gasteiger partial charge in [-0.15, -0.1) is 0 Å². The Hall–Kier alpha value is -2.01. The number of fused-ring (bicyclic) bond motifs is 1. The third-order valence-electron chi connectivity index (χ3n) is 3.53. The maximum atomic E-state index is 5.66. The van der Waals surface area contributed by atoms with Crippen LogP contribution < -0.4 is 4.74 Å². The molecule has 5 heteroatoms. The number of ether oxygens (including phenoxy) is 1. The molecule has 1 atom stereocenters. The predicted octanol–water partition coefficient (Wildman–Crippen LogP) is 4.49. The molecule has 3 rings (SSSR count). The molecule has 1 aromatic carbocycles. The number of nitrogens with one attached hydrogen (secondary N) is 1. The summed E-state index contributed by atoms with van der Waals surface area (Å²) in [6, 6.07) is 10.1. The molecule has 0 spiro atoms. The number of rotatable bonds is 5. The van der Waals surface area contributed by atoms with E-state index < -0.39 is 0 Å². The maximum absolute atomic E-state index is 5.66. The van der Waals surface area contributed by atoms with E-state index in [1.54, 1.807) is 6.26 Å². The van der Waals surface area contributed by atoms with Gasteiger partial charge in [-0.3, -0.25) is 0 Å². The summed E-state index contributed by atoms with van der Waals surface area (Å²) in [4.78, 5) is 3.26. The van der Waals surface area contributed by atoms with Crippen LogP contribution in [0.15, 0.2) is 41.0 Å². The third-order valence-corrected chi connectivity index (χ3v) is 3.83. The highest BCUT2D eigenvalue weighted by Gasteiger charge is 2.15. The van der Waals surface area contributed by atoms with Crippen molar-refractivity contribution in [3.05, 3.63) is 47.1 Å². The number of aromatic amines is 1. The number of imidazole rings is 1. The zero-order chi connectivity index (χ0) is 14.8. The van der Waals surface area contributed by atoms with Gasteiger partial charge in [0.25, 0.3) is 0 Å². The Bertz CT molecular complexity index is 786. The molecule has 4 nitrogen and oxygen atoms in total. The van der Waals surface area contributed by atoms with Crippen LogP contribution in [0.2, 0.25) is 0 Å². The molecule has 0 saturated carbocycles. The number of aromatic nitrogens is 2. The molecule has 0 fully saturated rings. The maximum Gasteiger partial charge on any atom is 0.178 e. The van der Waals surface area contributed by atoms with Crippen LogP contribution in [-0.4, -0.2) is 16.2 Å². The van der Waals surface area contributed by atoms with Crippen molar-refractivity contribution in [3.63, 3.8) is 0 Å². The number of H-pyrrole nitrogens is 1. The zero-order valence-corrected chi connectivity index (χ0v) is 12.9. The molecule has 2 aromatic heterocycles. The van der Waals surface area contributed by atoms with Crippen LogP contribution in [0.1, 0.15) is 25.6 Å². The van der Waals surface area contributed by atoms with Crippen molar-refractivity contribution in [1.82, 2.24) is 9.55 Å². The molecule has 0 amide bonds. The van der Waals surface area contributed by atoms with Crippen molar-refractivity contribution >= 4 is 23.3 Å². The molecule has 110 valence electrons. The molecule has 0 radical (unpaired) electrons. The van der Waals surface area contributed by atoms with Gasteiger partial charge in [-0.1, -0.05) is 6.07 Å². The van der Waals surface area contributed by atoms with E-state index >= 15 is 0 Å². The fraction of sp³-hybridized carbons (Fsp3) is 0.312. The number of hydrogen-bond donors (Lipinski definition) is 1. The zero-order valence-electron chi connectivity index (χ0n) is 12.1. The fourth-order valence-electron chi connectivity index (χ4n) is 2.65. The van der Waals surface area contributed by atoms with Crippen molar-refractivity contribution in [2.75, 3.05) is 6.61 Å². The number of furan rings is 1. The number of benzene rings is 1. The first-order valence-electron chi connectivity index (χ1n) is 7.09. The molecule has 0 bridgehead atoms. The molecule has 21 heavy (non-hydrogen) atoms. The van der Waals surface area contributed by atoms with Crippen molar-refractivity contribution in [2.24, 2.45) is 0 Å². The van der Waals surface area contributed by atoms with Gasteiger partial charge in [0.2, 0.25) is 0 Å². The SMILES string of the molecule is CCOc1cccc2c1[nH]c(=S)n2C(C)Cc1ccco1. The van der Waals surface area contributed by atoms with E-state index in [2.05, 4.69) is 22.5 Å². The van der Waals surface area contributed by atoms with Crippen LogP contribution >= 0.6 is 12.2 Å². The normalized spacial score (nSPS) is 12.7. The molecular weight excluding hydrogens is 284 g/mol. The van der Waals surface area contributed by atoms with Crippen LogP contribution in [0.5, 0.6) is 5.75 Å². The molecule has 0 saturated heterocycles. The quantitative estimate of drug-likeness (QED) is 0.706. The van der Waals surface area contributed by atoms with Crippen molar-refractivity contribution < 1.29 is 9.15 Å². The molecule has 3 aromatic rings. The van der Waals surface area contributed by atoms with E-state index in [9.17, 15) is 0 Å². The second kappa shape index (κ2) is 5.77. The van der Waals surface area contributed by atoms with E-state index in [-0.39, 0.29) is 6.04 Å². The first kappa shape index (κ1) is 13.9. The number of nitrogens with zero attached hydrogens (tertiary/aromatic N) is 1. The first-order chi connectivity index (χ1) is 10.2. The first-order valence-corrected chi connectivity index (χ1v) is 7.50. The largest absolute Gasteiger partial charge is 0.492 e. The van der Waals surface area contributed by atoms with Crippen molar-refractivity contribution in [2.45, 2.75) is 26.3 Å². The van der Waals surface area contributed by atoms with Crippen molar-refractivity contribution in [1.29, 1.82) is 0 Å². The van der Waals surface area contributed by atoms with Crippen LogP contribution in [0, 0.1) is 4.77 Å². The van der Waals surface area contributed by atoms with Gasteiger partial charge in [-0.2, -0.15) is 0 Å². The Labute approximate surface area is 128 Å². The predicted molar refractivity (Wildman–Crippen MR) is 85.4 cm³/mol. The summed E-state index contributed by atoms with van der Waals surface area (Å²) in [6.45, 7) is 4.75. The van der Waals surface area contributed by atoms with E-state index in [1.807, 2.05) is 31.2 Å². The lowest BCUT2D eigenvalue weighted by molar-refractivity contribution is 0.343. The van der Waals surface area contributed by atoms with E-state index in [0.717, 1.165) is 29.0 Å². The van der Waals surface area contributed by atoms with Crippen LogP contribution in [-0.2, 0) is 6.42 Å². The van der Waals surface area contributed by atoms with E-state index in [0.29, 0.717) is 11.4 Å². The lowest BCUT2D eigenvalue weighted by Crippen LogP contribution is -2.07. The Morgan fingerprint density at radius 2 is 2.19 bits per heavy atom. The summed E-state index contributed by atoms with van der Waals surface area (Å²) >= 11 is 5.49. The summed E-state index contributed by atoms with van der Waals surface area (Å²) in [7, 11) is 0. The summed E-state index contributed by atoms with van der Waals surface area (Å²) in [6.07, 6.45) is 2.50. The standard InChI is InChI=1S/C16H18N2O2S/c1-3-19-14-8-4-7-13-15(14)17-16(21)18(13)11(2)10-12-6-5-9-20-12/h4-9,11H,3,10H2,1-2H3,(H,17,21). The third kappa shape index (κ3) is 2.61. The molecule has 2 heterocycles. The molecular formula is C16H18N2O2S. The number of hydrogen-bond acceptors (Lipinski definition) is 3. The number of para-hydroxylation sites is 1. The smallest absolute Gasteiger partial charge is 0.178 e. The molecule has 0 aliphatic carbocycles. The molecule has 0 aliphatic heterocycles. The Morgan fingerprint density at radius 1 is 1.33 bits per heavy atom. The topological polar surface area (TPSA) is 43.1 Å². The summed E-state index contributed by atoms with van der Waals surface area (Å²) in [5.41, 5.74) is 2.01. The monoisotopic (exact) mass is 302 g/mol. The van der Waals surface area contributed by atoms with Gasteiger partial charge in [0.1, 0.15) is 17.0 Å². The van der Waals surface area contributed by atoms with Gasteiger partial charge < -0.3 is 18.7 Å². The van der Waals surface area contributed by atoms with E-state index in [1.165, 1.54) is 0 Å². The van der Waals surface area contributed by atoms with Gasteiger partial charge in [0.15, 0.2) is 4.77 Å². The van der Waals surface area contributed by atoms with Crippen molar-refractivity contribution in [3.8, 4) is 5.75 Å². The van der Waals surface area contributed by atoms with Gasteiger partial charge in [0.05, 0.1) is 18.4 Å². The Balaban J connectivity index is 2.04. The summed E-state index contributed by atoms with van der Waals surface area (Å²) < 4.78 is 13.9. The minimum absolute atomic E-state index is 0.203. The highest BCUT2D eigenvalue weighted by molar-refractivity contribution is 7.71. The molecule has 1 N–H and O–H groups in total. The van der Waals surface area contributed by atoms with Gasteiger partial charge in [-0.25, -0.2) is 0 Å². The van der Waals surface area contributed by atoms with Crippen LogP contribution in [0.25, 0.3) is 11.0 Å². The second-order valence-electron chi connectivity index (χ2n) is 5.02. The second-order valence-corrected chi connectivity index (χ2v) is 5.40. The fourth-order valence-corrected chi connectivity index (χ4v) is 3.03. The van der Waals surface area contributed by atoms with E-state index in [4.69, 9.17) is 21.4 Å². The highest BCUT2D eigenvalue weighted by atomic mass is 32.1. The van der Waals surface area contributed by atoms with Gasteiger partial charge >= 0.3 is 0 Å². The minimum atomic E-state index is 0.203. The summed E-state index contributed by atoms with van der Waals surface area (Å²) in [5.74, 6) is 1.80. The van der Waals surface area contributed by atoms with Gasteiger partial charge in [0, 0.05) is 12.5 Å². The average Bonchev–Trinajstić information content (AvgIpc) is 3.06. The lowest BCUT2D eigenvalue weighted by atomic mass is 10.2. The minimum Gasteiger partial charge on any atom is -0.492 e. The molecule has 0 aliphatic rings. The Kier molecular flexibility index (Phi) is 3.84. The lowest BCUT2D eigenvalue weighted by Gasteiger charge is -2.13. The average molecular weight is 302 g/mol. The highest BCUT2D eigenvalue weighted by Crippen LogP contribution is 2.28. The Morgan fingerprint density at radius 3 is 2.90 bits per heavy atom. The summed E-state index contributed by atoms with van der Waals surface area (Å²) in [5, 5.41) is 0. The van der Waals surface area contributed by atoms with Gasteiger partial charge in [-0.05, 0) is 50.3 Å². The van der Waals surface area contributed by atoms with Crippen LogP contribution in [0.4, 0.5) is 0 Å². The van der Waals surface area contributed by atoms with Crippen LogP contribution in [0.3, 0.4) is 0 Å².